The Morgan fingerprint density at radius 3 is 2.41 bits per heavy atom. The lowest BCUT2D eigenvalue weighted by Gasteiger charge is -2.20. The molecule has 12 heteroatoms. The van der Waals surface area contributed by atoms with Crippen molar-refractivity contribution < 1.29 is 19.3 Å². The number of nitrogens with zero attached hydrogens (tertiary/aromatic N) is 2. The highest BCUT2D eigenvalue weighted by Crippen LogP contribution is 2.38. The maximum atomic E-state index is 11.4. The van der Waals surface area contributed by atoms with E-state index in [-0.39, 0.29) is 16.7 Å². The molecule has 11 nitrogen and oxygen atoms in total. The van der Waals surface area contributed by atoms with Crippen LogP contribution in [0.1, 0.15) is 0 Å². The van der Waals surface area contributed by atoms with Gasteiger partial charge in [-0.3, -0.25) is 24.3 Å². The summed E-state index contributed by atoms with van der Waals surface area (Å²) in [5.41, 5.74) is -2.36. The van der Waals surface area contributed by atoms with Crippen molar-refractivity contribution in [2.45, 2.75) is 0 Å². The van der Waals surface area contributed by atoms with Crippen molar-refractivity contribution in [2.24, 2.45) is 0 Å². The summed E-state index contributed by atoms with van der Waals surface area (Å²) < 4.78 is 11.1. The second kappa shape index (κ2) is 5.37. The largest absolute Gasteiger partial charge is 0.361 e. The molecular formula is C10H11N4O7P. The van der Waals surface area contributed by atoms with Gasteiger partial charge in [0.2, 0.25) is 0 Å². The minimum absolute atomic E-state index is 0.000810. The standard InChI is InChI=1S/C10H11N4O7P/c1-13(4-22(19,20)21)7-3-5(14(17)18)2-6-8(7)12-10(16)9(15)11-6/h2-3H,4H2,1H3,(H,11,15)(H,12,16)(H2,19,20,21). The van der Waals surface area contributed by atoms with Crippen LogP contribution >= 0.6 is 7.60 Å². The van der Waals surface area contributed by atoms with Crippen molar-refractivity contribution >= 4 is 30.0 Å². The SMILES string of the molecule is CN(CP(=O)(O)O)c1cc([N+](=O)[O-])cc2[nH]c(=O)c(=O)[nH]c12. The van der Waals surface area contributed by atoms with E-state index in [0.29, 0.717) is 0 Å². The first-order valence-corrected chi connectivity index (χ1v) is 7.59. The first-order valence-electron chi connectivity index (χ1n) is 5.79. The van der Waals surface area contributed by atoms with Gasteiger partial charge in [0, 0.05) is 19.2 Å². The fraction of sp³-hybridized carbons (Fsp3) is 0.200. The Labute approximate surface area is 121 Å². The smallest absolute Gasteiger partial charge is 0.344 e. The number of rotatable bonds is 4. The molecule has 0 spiro atoms. The molecule has 0 saturated heterocycles. The van der Waals surface area contributed by atoms with Crippen molar-refractivity contribution in [1.82, 2.24) is 9.97 Å². The lowest BCUT2D eigenvalue weighted by atomic mass is 10.2. The van der Waals surface area contributed by atoms with E-state index >= 15 is 0 Å². The predicted octanol–water partition coefficient (Wildman–Crippen LogP) is -0.304. The van der Waals surface area contributed by atoms with Gasteiger partial charge in [-0.05, 0) is 0 Å². The fourth-order valence-corrected chi connectivity index (χ4v) is 2.66. The van der Waals surface area contributed by atoms with E-state index in [4.69, 9.17) is 9.79 Å². The molecule has 0 radical (unpaired) electrons. The van der Waals surface area contributed by atoms with E-state index in [1.165, 1.54) is 7.05 Å². The van der Waals surface area contributed by atoms with Crippen LogP contribution in [-0.2, 0) is 4.57 Å². The number of hydrogen-bond acceptors (Lipinski definition) is 6. The molecule has 1 aromatic heterocycles. The molecule has 0 aliphatic carbocycles. The first-order chi connectivity index (χ1) is 10.1. The number of nitro groups is 1. The molecule has 2 rings (SSSR count). The Morgan fingerprint density at radius 1 is 1.27 bits per heavy atom. The van der Waals surface area contributed by atoms with Crippen LogP contribution in [0.2, 0.25) is 0 Å². The Morgan fingerprint density at radius 2 is 1.86 bits per heavy atom. The lowest BCUT2D eigenvalue weighted by molar-refractivity contribution is -0.384. The van der Waals surface area contributed by atoms with Gasteiger partial charge in [-0.25, -0.2) is 0 Å². The maximum Gasteiger partial charge on any atom is 0.344 e. The zero-order chi connectivity index (χ0) is 16.7. The summed E-state index contributed by atoms with van der Waals surface area (Å²) in [5.74, 6) is 0. The van der Waals surface area contributed by atoms with Gasteiger partial charge in [-0.1, -0.05) is 0 Å². The Balaban J connectivity index is 2.77. The molecule has 22 heavy (non-hydrogen) atoms. The Kier molecular flexibility index (Phi) is 3.88. The Bertz CT molecular complexity index is 912. The average Bonchev–Trinajstić information content (AvgIpc) is 2.36. The van der Waals surface area contributed by atoms with Crippen LogP contribution in [0.15, 0.2) is 21.7 Å². The zero-order valence-electron chi connectivity index (χ0n) is 11.1. The quantitative estimate of drug-likeness (QED) is 0.256. The summed E-state index contributed by atoms with van der Waals surface area (Å²) >= 11 is 0. The number of anilines is 1. The summed E-state index contributed by atoms with van der Waals surface area (Å²) in [6, 6.07) is 2.09. The third-order valence-corrected chi connectivity index (χ3v) is 3.61. The summed E-state index contributed by atoms with van der Waals surface area (Å²) in [7, 11) is -3.14. The van der Waals surface area contributed by atoms with Crippen LogP contribution in [0.5, 0.6) is 0 Å². The van der Waals surface area contributed by atoms with Crippen molar-refractivity contribution in [1.29, 1.82) is 0 Å². The van der Waals surface area contributed by atoms with Crippen LogP contribution in [0.4, 0.5) is 11.4 Å². The number of non-ortho nitro benzene ring substituents is 1. The highest BCUT2D eigenvalue weighted by Gasteiger charge is 2.21. The highest BCUT2D eigenvalue weighted by molar-refractivity contribution is 7.51. The van der Waals surface area contributed by atoms with Gasteiger partial charge >= 0.3 is 18.7 Å². The van der Waals surface area contributed by atoms with E-state index < -0.39 is 35.6 Å². The summed E-state index contributed by atoms with van der Waals surface area (Å²) in [6.07, 6.45) is -0.718. The van der Waals surface area contributed by atoms with E-state index in [9.17, 15) is 24.3 Å². The molecule has 0 amide bonds. The van der Waals surface area contributed by atoms with Crippen molar-refractivity contribution in [3.8, 4) is 0 Å². The number of nitrogens with one attached hydrogen (secondary N) is 2. The number of fused-ring (bicyclic) bond motifs is 1. The monoisotopic (exact) mass is 330 g/mol. The van der Waals surface area contributed by atoms with Gasteiger partial charge in [-0.15, -0.1) is 0 Å². The molecule has 118 valence electrons. The molecule has 0 saturated carbocycles. The number of nitro benzene ring substituents is 1. The van der Waals surface area contributed by atoms with Gasteiger partial charge in [0.15, 0.2) is 0 Å². The molecule has 0 atom stereocenters. The third kappa shape index (κ3) is 3.22. The molecular weight excluding hydrogens is 319 g/mol. The second-order valence-electron chi connectivity index (χ2n) is 4.56. The number of hydrogen-bond donors (Lipinski definition) is 4. The van der Waals surface area contributed by atoms with Crippen LogP contribution in [0, 0.1) is 10.1 Å². The van der Waals surface area contributed by atoms with Crippen molar-refractivity contribution in [3.63, 3.8) is 0 Å². The number of aromatic amines is 2. The van der Waals surface area contributed by atoms with Gasteiger partial charge in [-0.2, -0.15) is 0 Å². The lowest BCUT2D eigenvalue weighted by Crippen LogP contribution is -2.30. The van der Waals surface area contributed by atoms with Crippen molar-refractivity contribution in [3.05, 3.63) is 43.0 Å². The molecule has 0 unspecified atom stereocenters. The summed E-state index contributed by atoms with van der Waals surface area (Å²) in [6.45, 7) is 0. The van der Waals surface area contributed by atoms with E-state index in [1.807, 2.05) is 0 Å². The number of H-pyrrole nitrogens is 2. The first kappa shape index (κ1) is 15.9. The van der Waals surface area contributed by atoms with Gasteiger partial charge in [0.25, 0.3) is 5.69 Å². The van der Waals surface area contributed by atoms with E-state index in [1.54, 1.807) is 0 Å². The summed E-state index contributed by atoms with van der Waals surface area (Å²) in [5, 5.41) is 10.9. The normalized spacial score (nSPS) is 11.6. The van der Waals surface area contributed by atoms with Crippen molar-refractivity contribution in [2.75, 3.05) is 18.2 Å². The molecule has 0 bridgehead atoms. The molecule has 1 heterocycles. The molecule has 2 aromatic rings. The topological polar surface area (TPSA) is 170 Å². The Hall–Kier alpha value is -2.49. The van der Waals surface area contributed by atoms with Gasteiger partial charge < -0.3 is 24.7 Å². The molecule has 4 N–H and O–H groups in total. The molecule has 0 aliphatic rings. The molecule has 1 aromatic carbocycles. The van der Waals surface area contributed by atoms with Gasteiger partial charge in [0.1, 0.15) is 6.29 Å². The van der Waals surface area contributed by atoms with E-state index in [0.717, 1.165) is 17.0 Å². The molecule has 0 aliphatic heterocycles. The van der Waals surface area contributed by atoms with Crippen LogP contribution < -0.4 is 16.0 Å². The minimum atomic E-state index is -4.43. The van der Waals surface area contributed by atoms with E-state index in [2.05, 4.69) is 9.97 Å². The van der Waals surface area contributed by atoms with Gasteiger partial charge in [0.05, 0.1) is 21.6 Å². The van der Waals surface area contributed by atoms with Crippen LogP contribution in [-0.4, -0.2) is 38.0 Å². The maximum absolute atomic E-state index is 11.4. The van der Waals surface area contributed by atoms with Crippen LogP contribution in [0.3, 0.4) is 0 Å². The fourth-order valence-electron chi connectivity index (χ4n) is 1.95. The minimum Gasteiger partial charge on any atom is -0.361 e. The highest BCUT2D eigenvalue weighted by atomic mass is 31.2. The number of aromatic nitrogens is 2. The number of benzene rings is 1. The summed E-state index contributed by atoms with van der Waals surface area (Å²) in [4.78, 5) is 56.4. The zero-order valence-corrected chi connectivity index (χ0v) is 12.0. The second-order valence-corrected chi connectivity index (χ2v) is 6.17. The average molecular weight is 330 g/mol. The third-order valence-electron chi connectivity index (χ3n) is 2.81. The van der Waals surface area contributed by atoms with Crippen LogP contribution in [0.25, 0.3) is 11.0 Å². The predicted molar refractivity (Wildman–Crippen MR) is 77.2 cm³/mol. The molecule has 0 fully saturated rings.